The van der Waals surface area contributed by atoms with Gasteiger partial charge in [-0.1, -0.05) is 29.3 Å². The van der Waals surface area contributed by atoms with Gasteiger partial charge in [-0.15, -0.1) is 0 Å². The second-order valence-electron chi connectivity index (χ2n) is 6.11. The molecule has 2 fully saturated rings. The van der Waals surface area contributed by atoms with Crippen molar-refractivity contribution in [2.45, 2.75) is 31.2 Å². The lowest BCUT2D eigenvalue weighted by Gasteiger charge is -2.37. The third-order valence-electron chi connectivity index (χ3n) is 4.61. The Labute approximate surface area is 149 Å². The number of carbonyl (C=O) groups excluding carboxylic acids is 3. The van der Waals surface area contributed by atoms with E-state index in [4.69, 9.17) is 23.2 Å². The summed E-state index contributed by atoms with van der Waals surface area (Å²) in [6.45, 7) is 0.891. The van der Waals surface area contributed by atoms with Crippen molar-refractivity contribution in [3.05, 3.63) is 33.8 Å². The number of carbonyl (C=O) groups is 3. The van der Waals surface area contributed by atoms with E-state index in [2.05, 4.69) is 10.6 Å². The van der Waals surface area contributed by atoms with E-state index < -0.39 is 11.6 Å². The fourth-order valence-electron chi connectivity index (χ4n) is 3.14. The summed E-state index contributed by atoms with van der Waals surface area (Å²) in [5.74, 6) is -0.284. The number of piperidine rings is 1. The fraction of sp³-hybridized carbons (Fsp3) is 0.438. The van der Waals surface area contributed by atoms with Crippen molar-refractivity contribution < 1.29 is 14.4 Å². The lowest BCUT2D eigenvalue weighted by molar-refractivity contribution is -0.135. The number of halogens is 2. The molecule has 6 nitrogen and oxygen atoms in total. The first-order valence-corrected chi connectivity index (χ1v) is 8.50. The quantitative estimate of drug-likeness (QED) is 0.801. The number of nitrogens with zero attached hydrogens (tertiary/aromatic N) is 1. The van der Waals surface area contributed by atoms with E-state index in [9.17, 15) is 14.4 Å². The van der Waals surface area contributed by atoms with Crippen molar-refractivity contribution in [3.8, 4) is 0 Å². The summed E-state index contributed by atoms with van der Waals surface area (Å²) in [5.41, 5.74) is 0.0261. The maximum atomic E-state index is 12.4. The van der Waals surface area contributed by atoms with Crippen molar-refractivity contribution in [2.75, 3.05) is 13.1 Å². The Morgan fingerprint density at radius 1 is 1.21 bits per heavy atom. The van der Waals surface area contributed by atoms with Gasteiger partial charge in [0.05, 0.1) is 0 Å². The number of aryl methyl sites for hydroxylation is 1. The maximum absolute atomic E-state index is 12.4. The highest BCUT2D eigenvalue weighted by Crippen LogP contribution is 2.26. The predicted molar refractivity (Wildman–Crippen MR) is 90.0 cm³/mol. The topological polar surface area (TPSA) is 78.5 Å². The molecule has 2 N–H and O–H groups in total. The van der Waals surface area contributed by atoms with Crippen molar-refractivity contribution in [3.63, 3.8) is 0 Å². The molecule has 2 heterocycles. The SMILES string of the molecule is O=C1NC(=O)C2(CCN(C(=O)CCc3ccc(Cl)cc3Cl)CC2)N1. The summed E-state index contributed by atoms with van der Waals surface area (Å²) in [6, 6.07) is 4.77. The van der Waals surface area contributed by atoms with Crippen LogP contribution in [0.2, 0.25) is 10.0 Å². The Bertz CT molecular complexity index is 700. The van der Waals surface area contributed by atoms with E-state index in [-0.39, 0.29) is 11.8 Å². The summed E-state index contributed by atoms with van der Waals surface area (Å²) >= 11 is 12.0. The minimum atomic E-state index is -0.854. The van der Waals surface area contributed by atoms with Crippen LogP contribution >= 0.6 is 23.2 Å². The highest BCUT2D eigenvalue weighted by Gasteiger charge is 2.48. The van der Waals surface area contributed by atoms with E-state index in [1.165, 1.54) is 0 Å². The molecule has 2 saturated heterocycles. The number of hydrogen-bond acceptors (Lipinski definition) is 3. The molecule has 4 amide bonds. The number of rotatable bonds is 3. The summed E-state index contributed by atoms with van der Waals surface area (Å²) in [5, 5.41) is 6.06. The predicted octanol–water partition coefficient (Wildman–Crippen LogP) is 2.13. The average molecular weight is 370 g/mol. The molecule has 2 aliphatic heterocycles. The van der Waals surface area contributed by atoms with Crippen LogP contribution in [0.15, 0.2) is 18.2 Å². The Morgan fingerprint density at radius 3 is 2.50 bits per heavy atom. The molecule has 0 aliphatic carbocycles. The first-order valence-electron chi connectivity index (χ1n) is 7.75. The summed E-state index contributed by atoms with van der Waals surface area (Å²) in [4.78, 5) is 37.3. The first-order chi connectivity index (χ1) is 11.4. The molecule has 0 unspecified atom stereocenters. The third-order valence-corrected chi connectivity index (χ3v) is 5.19. The van der Waals surface area contributed by atoms with Gasteiger partial charge in [-0.2, -0.15) is 0 Å². The zero-order valence-corrected chi connectivity index (χ0v) is 14.4. The Hall–Kier alpha value is -1.79. The zero-order chi connectivity index (χ0) is 17.3. The molecule has 0 radical (unpaired) electrons. The number of hydrogen-bond donors (Lipinski definition) is 2. The minimum Gasteiger partial charge on any atom is -0.342 e. The van der Waals surface area contributed by atoms with Gasteiger partial charge in [-0.3, -0.25) is 14.9 Å². The van der Waals surface area contributed by atoms with Crippen molar-refractivity contribution in [2.24, 2.45) is 0 Å². The smallest absolute Gasteiger partial charge is 0.322 e. The molecular weight excluding hydrogens is 353 g/mol. The summed E-state index contributed by atoms with van der Waals surface area (Å²) < 4.78 is 0. The zero-order valence-electron chi connectivity index (χ0n) is 12.9. The van der Waals surface area contributed by atoms with Crippen LogP contribution in [0.4, 0.5) is 4.79 Å². The van der Waals surface area contributed by atoms with Crippen molar-refractivity contribution in [1.82, 2.24) is 15.5 Å². The minimum absolute atomic E-state index is 0.0144. The molecule has 0 saturated carbocycles. The second-order valence-corrected chi connectivity index (χ2v) is 6.95. The maximum Gasteiger partial charge on any atom is 0.322 e. The molecule has 1 spiro atoms. The lowest BCUT2D eigenvalue weighted by atomic mass is 9.87. The third kappa shape index (κ3) is 3.35. The van der Waals surface area contributed by atoms with Gasteiger partial charge in [0.25, 0.3) is 5.91 Å². The van der Waals surface area contributed by atoms with Crippen molar-refractivity contribution in [1.29, 1.82) is 0 Å². The molecule has 24 heavy (non-hydrogen) atoms. The van der Waals surface area contributed by atoms with E-state index in [0.717, 1.165) is 5.56 Å². The largest absolute Gasteiger partial charge is 0.342 e. The molecule has 128 valence electrons. The van der Waals surface area contributed by atoms with Crippen LogP contribution in [0.25, 0.3) is 0 Å². The fourth-order valence-corrected chi connectivity index (χ4v) is 3.65. The van der Waals surface area contributed by atoms with E-state index in [0.29, 0.717) is 48.8 Å². The second kappa shape index (κ2) is 6.61. The Balaban J connectivity index is 1.54. The molecule has 2 aliphatic rings. The normalized spacial score (nSPS) is 19.3. The van der Waals surface area contributed by atoms with Gasteiger partial charge in [0.1, 0.15) is 5.54 Å². The number of benzene rings is 1. The van der Waals surface area contributed by atoms with Gasteiger partial charge < -0.3 is 10.2 Å². The van der Waals surface area contributed by atoms with Gasteiger partial charge in [0.15, 0.2) is 0 Å². The average Bonchev–Trinajstić information content (AvgIpc) is 2.80. The molecule has 1 aromatic rings. The van der Waals surface area contributed by atoms with Gasteiger partial charge in [-0.25, -0.2) is 4.79 Å². The highest BCUT2D eigenvalue weighted by atomic mass is 35.5. The molecular formula is C16H17Cl2N3O3. The van der Waals surface area contributed by atoms with Gasteiger partial charge in [-0.05, 0) is 37.0 Å². The lowest BCUT2D eigenvalue weighted by Crippen LogP contribution is -2.55. The van der Waals surface area contributed by atoms with Gasteiger partial charge >= 0.3 is 6.03 Å². The van der Waals surface area contributed by atoms with Crippen LogP contribution in [-0.2, 0) is 16.0 Å². The summed E-state index contributed by atoms with van der Waals surface area (Å²) in [7, 11) is 0. The van der Waals surface area contributed by atoms with E-state index in [1.54, 1.807) is 17.0 Å². The molecule has 0 bridgehead atoms. The molecule has 8 heteroatoms. The number of imide groups is 1. The van der Waals surface area contributed by atoms with Crippen LogP contribution in [0.3, 0.4) is 0 Å². The highest BCUT2D eigenvalue weighted by molar-refractivity contribution is 6.35. The number of amides is 4. The summed E-state index contributed by atoms with van der Waals surface area (Å²) in [6.07, 6.45) is 1.73. The molecule has 0 aromatic heterocycles. The standard InChI is InChI=1S/C16H17Cl2N3O3/c17-11-3-1-10(12(18)9-11)2-4-13(22)21-7-5-16(6-8-21)14(23)19-15(24)20-16/h1,3,9H,2,4-8H2,(H2,19,20,23,24). The number of urea groups is 1. The number of likely N-dealkylation sites (tertiary alicyclic amines) is 1. The van der Waals surface area contributed by atoms with E-state index >= 15 is 0 Å². The molecule has 3 rings (SSSR count). The van der Waals surface area contributed by atoms with Crippen LogP contribution in [0.1, 0.15) is 24.8 Å². The first kappa shape index (κ1) is 17.0. The molecule has 0 atom stereocenters. The van der Waals surface area contributed by atoms with Gasteiger partial charge in [0, 0.05) is 29.6 Å². The van der Waals surface area contributed by atoms with Crippen LogP contribution in [-0.4, -0.2) is 41.4 Å². The number of nitrogens with one attached hydrogen (secondary N) is 2. The van der Waals surface area contributed by atoms with Crippen LogP contribution < -0.4 is 10.6 Å². The monoisotopic (exact) mass is 369 g/mol. The van der Waals surface area contributed by atoms with Gasteiger partial charge in [0.2, 0.25) is 5.91 Å². The Morgan fingerprint density at radius 2 is 1.92 bits per heavy atom. The van der Waals surface area contributed by atoms with Crippen LogP contribution in [0.5, 0.6) is 0 Å². The van der Waals surface area contributed by atoms with Crippen molar-refractivity contribution >= 4 is 41.0 Å². The molecule has 1 aromatic carbocycles. The Kier molecular flexibility index (Phi) is 4.69. The van der Waals surface area contributed by atoms with Crippen LogP contribution in [0, 0.1) is 0 Å². The van der Waals surface area contributed by atoms with E-state index in [1.807, 2.05) is 6.07 Å².